The smallest absolute Gasteiger partial charge is 0.410 e. The van der Waals surface area contributed by atoms with Crippen molar-refractivity contribution >= 4 is 17.9 Å². The van der Waals surface area contributed by atoms with Gasteiger partial charge in [0.25, 0.3) is 0 Å². The highest BCUT2D eigenvalue weighted by Crippen LogP contribution is 2.43. The summed E-state index contributed by atoms with van der Waals surface area (Å²) in [5.41, 5.74) is 6.33. The first kappa shape index (κ1) is 32.2. The first-order chi connectivity index (χ1) is 20.0. The highest BCUT2D eigenvalue weighted by Gasteiger charge is 2.51. The van der Waals surface area contributed by atoms with Gasteiger partial charge in [-0.15, -0.1) is 0 Å². The lowest BCUT2D eigenvalue weighted by molar-refractivity contribution is -0.125. The number of carbonyl (C=O) groups excluding carboxylic acids is 3. The van der Waals surface area contributed by atoms with Gasteiger partial charge in [0, 0.05) is 45.1 Å². The fourth-order valence-corrected chi connectivity index (χ4v) is 5.92. The predicted octanol–water partition coefficient (Wildman–Crippen LogP) is 2.36. The number of hydrogen-bond donors (Lipinski definition) is 3. The molecule has 4 fully saturated rings. The zero-order valence-electron chi connectivity index (χ0n) is 25.4. The van der Waals surface area contributed by atoms with Crippen LogP contribution in [0.2, 0.25) is 0 Å². The molecule has 4 aliphatic heterocycles. The van der Waals surface area contributed by atoms with E-state index in [4.69, 9.17) is 24.7 Å². The average molecular weight is 589 g/mol. The number of hydrogen-bond acceptors (Lipinski definition) is 8. The van der Waals surface area contributed by atoms with Crippen LogP contribution in [-0.2, 0) is 28.5 Å². The Bertz CT molecular complexity index is 1050. The third kappa shape index (κ3) is 9.65. The third-order valence-electron chi connectivity index (χ3n) is 8.49. The van der Waals surface area contributed by atoms with E-state index in [1.807, 2.05) is 13.0 Å². The molecule has 4 aliphatic rings. The van der Waals surface area contributed by atoms with Crippen LogP contribution in [0.3, 0.4) is 0 Å². The Labute approximate surface area is 249 Å². The number of rotatable bonds is 10. The van der Waals surface area contributed by atoms with Gasteiger partial charge in [0.05, 0.1) is 49.1 Å². The zero-order chi connectivity index (χ0) is 30.3. The number of carbonyl (C=O) groups is 3. The summed E-state index contributed by atoms with van der Waals surface area (Å²) in [4.78, 5) is 37.9. The average Bonchev–Trinajstić information content (AvgIpc) is 3.69. The van der Waals surface area contributed by atoms with Gasteiger partial charge in [-0.2, -0.15) is 0 Å². The Morgan fingerprint density at radius 2 is 1.90 bits per heavy atom. The second kappa shape index (κ2) is 14.6. The highest BCUT2D eigenvalue weighted by molar-refractivity contribution is 5.87. The van der Waals surface area contributed by atoms with Crippen molar-refractivity contribution in [2.24, 2.45) is 11.7 Å². The Kier molecular flexibility index (Phi) is 11.2. The van der Waals surface area contributed by atoms with Gasteiger partial charge >= 0.3 is 6.09 Å². The molecule has 4 rings (SSSR count). The quantitative estimate of drug-likeness (QED) is 0.200. The summed E-state index contributed by atoms with van der Waals surface area (Å²) in [7, 11) is 0. The van der Waals surface area contributed by atoms with Crippen molar-refractivity contribution in [2.45, 2.75) is 102 Å². The topological polar surface area (TPSA) is 145 Å². The van der Waals surface area contributed by atoms with Gasteiger partial charge in [-0.25, -0.2) is 4.79 Å². The molecule has 11 nitrogen and oxygen atoms in total. The molecule has 234 valence electrons. The lowest BCUT2D eigenvalue weighted by Gasteiger charge is -2.39. The Morgan fingerprint density at radius 1 is 1.17 bits per heavy atom. The minimum absolute atomic E-state index is 0.0467. The van der Waals surface area contributed by atoms with Crippen molar-refractivity contribution in [3.05, 3.63) is 36.0 Å². The maximum absolute atomic E-state index is 12.6. The van der Waals surface area contributed by atoms with E-state index in [1.165, 1.54) is 6.08 Å². The summed E-state index contributed by atoms with van der Waals surface area (Å²) in [5, 5.41) is 6.25. The first-order valence-corrected chi connectivity index (χ1v) is 15.2. The molecule has 1 spiro atoms. The van der Waals surface area contributed by atoms with Crippen LogP contribution in [0, 0.1) is 5.92 Å². The Balaban J connectivity index is 1.19. The molecule has 0 unspecified atom stereocenters. The number of amides is 3. The minimum Gasteiger partial charge on any atom is -0.442 e. The number of piperazine rings is 1. The molecule has 0 bridgehead atoms. The molecule has 0 aliphatic carbocycles. The summed E-state index contributed by atoms with van der Waals surface area (Å²) < 4.78 is 23.5. The summed E-state index contributed by atoms with van der Waals surface area (Å²) in [6.07, 6.45) is 11.3. The van der Waals surface area contributed by atoms with E-state index >= 15 is 0 Å². The molecule has 8 atom stereocenters. The van der Waals surface area contributed by atoms with Crippen LogP contribution < -0.4 is 16.4 Å². The number of ether oxygens (including phenoxy) is 4. The molecule has 0 aromatic rings. The lowest BCUT2D eigenvalue weighted by atomic mass is 9.88. The van der Waals surface area contributed by atoms with Crippen LogP contribution in [0.25, 0.3) is 0 Å². The van der Waals surface area contributed by atoms with E-state index in [9.17, 15) is 14.4 Å². The van der Waals surface area contributed by atoms with E-state index in [1.54, 1.807) is 17.9 Å². The molecule has 3 amide bonds. The fourth-order valence-electron chi connectivity index (χ4n) is 5.92. The van der Waals surface area contributed by atoms with E-state index in [2.05, 4.69) is 36.6 Å². The predicted molar refractivity (Wildman–Crippen MR) is 157 cm³/mol. The normalized spacial score (nSPS) is 34.5. The standard InChI is InChI=1S/C31H48N4O7/c1-20(5-8-24-17-31(19-39-31)18-25(42-24)16-28(32)36)6-9-27-21(2)15-26(23(4)41-27)34-29(37)10-7-22(3)40-30(38)35-13-11-33-12-14-35/h5-8,10,21-27,33H,9,11-19H2,1-4H3,(H2,32,36)(H,34,37)/t21-,22-,23+,24+,25+,26+,27-,31+/m0/s1. The molecule has 11 heteroatoms. The molecule has 0 radical (unpaired) electrons. The van der Waals surface area contributed by atoms with E-state index in [-0.39, 0.29) is 66.3 Å². The van der Waals surface area contributed by atoms with Crippen LogP contribution in [0.5, 0.6) is 0 Å². The van der Waals surface area contributed by atoms with Crippen LogP contribution in [0.4, 0.5) is 4.79 Å². The van der Waals surface area contributed by atoms with Gasteiger partial charge < -0.3 is 40.2 Å². The summed E-state index contributed by atoms with van der Waals surface area (Å²) >= 11 is 0. The minimum atomic E-state index is -0.505. The van der Waals surface area contributed by atoms with Gasteiger partial charge in [0.1, 0.15) is 6.10 Å². The van der Waals surface area contributed by atoms with Crippen molar-refractivity contribution < 1.29 is 33.3 Å². The number of primary amides is 1. The number of nitrogens with one attached hydrogen (secondary N) is 2. The van der Waals surface area contributed by atoms with Crippen molar-refractivity contribution in [2.75, 3.05) is 32.8 Å². The van der Waals surface area contributed by atoms with E-state index < -0.39 is 6.10 Å². The molecule has 42 heavy (non-hydrogen) atoms. The third-order valence-corrected chi connectivity index (χ3v) is 8.49. The molecular weight excluding hydrogens is 540 g/mol. The second-order valence-electron chi connectivity index (χ2n) is 12.3. The molecule has 4 saturated heterocycles. The largest absolute Gasteiger partial charge is 0.442 e. The number of epoxide rings is 1. The van der Waals surface area contributed by atoms with Gasteiger partial charge in [0.2, 0.25) is 11.8 Å². The summed E-state index contributed by atoms with van der Waals surface area (Å²) in [5.74, 6) is -0.330. The van der Waals surface area contributed by atoms with E-state index in [0.29, 0.717) is 26.1 Å². The van der Waals surface area contributed by atoms with Crippen molar-refractivity contribution in [3.8, 4) is 0 Å². The summed E-state index contributed by atoms with van der Waals surface area (Å²) in [6, 6.07) is -0.106. The molecule has 0 saturated carbocycles. The van der Waals surface area contributed by atoms with Crippen molar-refractivity contribution in [3.63, 3.8) is 0 Å². The fraction of sp³-hybridized carbons (Fsp3) is 0.710. The maximum atomic E-state index is 12.6. The molecule has 0 aromatic heterocycles. The van der Waals surface area contributed by atoms with Crippen LogP contribution in [-0.4, -0.2) is 97.8 Å². The zero-order valence-corrected chi connectivity index (χ0v) is 25.4. The van der Waals surface area contributed by atoms with Gasteiger partial charge in [-0.1, -0.05) is 30.7 Å². The molecular formula is C31H48N4O7. The SMILES string of the molecule is CC(C=C[C@@H]1C[C@]2(CO2)C[C@@H](CC(N)=O)O1)=CC[C@@H]1O[C@H](C)[C@H](NC(=O)C=C[C@H](C)OC(=O)N2CCNCC2)C[C@@H]1C. The second-order valence-corrected chi connectivity index (χ2v) is 12.3. The maximum Gasteiger partial charge on any atom is 0.410 e. The molecule has 4 N–H and O–H groups in total. The first-order valence-electron chi connectivity index (χ1n) is 15.2. The monoisotopic (exact) mass is 588 g/mol. The number of allylic oxidation sites excluding steroid dienone is 2. The number of nitrogens with zero attached hydrogens (tertiary/aromatic N) is 1. The van der Waals surface area contributed by atoms with Gasteiger partial charge in [-0.05, 0) is 45.6 Å². The molecule has 4 heterocycles. The van der Waals surface area contributed by atoms with Crippen molar-refractivity contribution in [1.82, 2.24) is 15.5 Å². The van der Waals surface area contributed by atoms with Crippen molar-refractivity contribution in [1.29, 1.82) is 0 Å². The van der Waals surface area contributed by atoms with Gasteiger partial charge in [-0.3, -0.25) is 9.59 Å². The molecule has 0 aromatic carbocycles. The van der Waals surface area contributed by atoms with Crippen LogP contribution in [0.1, 0.15) is 59.8 Å². The Hall–Kier alpha value is -2.73. The Morgan fingerprint density at radius 3 is 2.60 bits per heavy atom. The summed E-state index contributed by atoms with van der Waals surface area (Å²) in [6.45, 7) is 11.4. The van der Waals surface area contributed by atoms with Crippen LogP contribution in [0.15, 0.2) is 36.0 Å². The highest BCUT2D eigenvalue weighted by atomic mass is 16.6. The number of nitrogens with two attached hydrogens (primary N) is 1. The lowest BCUT2D eigenvalue weighted by Crippen LogP contribution is -2.50. The van der Waals surface area contributed by atoms with Crippen LogP contribution >= 0.6 is 0 Å². The van der Waals surface area contributed by atoms with E-state index in [0.717, 1.165) is 37.9 Å². The van der Waals surface area contributed by atoms with Gasteiger partial charge in [0.15, 0.2) is 0 Å².